The van der Waals surface area contributed by atoms with Crippen LogP contribution in [0.3, 0.4) is 0 Å². The van der Waals surface area contributed by atoms with Crippen molar-refractivity contribution in [1.82, 2.24) is 14.4 Å². The summed E-state index contributed by atoms with van der Waals surface area (Å²) in [5.74, 6) is 1.91. The van der Waals surface area contributed by atoms with E-state index in [1.54, 1.807) is 0 Å². The number of imidazole rings is 1. The molecule has 5 heteroatoms. The monoisotopic (exact) mass is 287 g/mol. The minimum atomic E-state index is 0.581. The van der Waals surface area contributed by atoms with E-state index in [1.165, 1.54) is 38.5 Å². The van der Waals surface area contributed by atoms with E-state index >= 15 is 0 Å². The first kappa shape index (κ1) is 14.2. The molecular weight excluding hydrogens is 262 g/mol. The molecular formula is C16H25N5. The molecule has 21 heavy (non-hydrogen) atoms. The van der Waals surface area contributed by atoms with Crippen molar-refractivity contribution < 1.29 is 0 Å². The fourth-order valence-corrected chi connectivity index (χ4v) is 3.24. The minimum absolute atomic E-state index is 0.581. The van der Waals surface area contributed by atoms with Gasteiger partial charge in [0, 0.05) is 32.0 Å². The molecule has 0 aromatic carbocycles. The average molecular weight is 287 g/mol. The lowest BCUT2D eigenvalue weighted by Crippen LogP contribution is -2.32. The minimum Gasteiger partial charge on any atom is -0.369 e. The quantitative estimate of drug-likeness (QED) is 0.876. The standard InChI is InChI=1S/C16H25N5/c1-3-17-14-12-21-11-10-18-15(21)16(19-14)20(2)13-8-6-4-5-7-9-13/h10-13,17H,3-9H2,1-2H3. The van der Waals surface area contributed by atoms with Crippen LogP contribution in [-0.4, -0.2) is 34.0 Å². The highest BCUT2D eigenvalue weighted by molar-refractivity contribution is 5.67. The highest BCUT2D eigenvalue weighted by atomic mass is 15.2. The molecule has 0 aliphatic heterocycles. The number of hydrogen-bond donors (Lipinski definition) is 1. The van der Waals surface area contributed by atoms with Crippen LogP contribution in [0.1, 0.15) is 45.4 Å². The lowest BCUT2D eigenvalue weighted by atomic mass is 10.1. The Bertz CT molecular complexity index is 583. The Balaban J connectivity index is 1.94. The first-order valence-corrected chi connectivity index (χ1v) is 8.10. The van der Waals surface area contributed by atoms with E-state index in [2.05, 4.69) is 33.6 Å². The van der Waals surface area contributed by atoms with E-state index in [1.807, 2.05) is 18.6 Å². The molecule has 3 rings (SSSR count). The summed E-state index contributed by atoms with van der Waals surface area (Å²) >= 11 is 0. The van der Waals surface area contributed by atoms with Crippen LogP contribution in [0.15, 0.2) is 18.6 Å². The van der Waals surface area contributed by atoms with Crippen molar-refractivity contribution in [3.05, 3.63) is 18.6 Å². The van der Waals surface area contributed by atoms with Crippen molar-refractivity contribution in [1.29, 1.82) is 0 Å². The van der Waals surface area contributed by atoms with Crippen LogP contribution in [0.25, 0.3) is 5.65 Å². The van der Waals surface area contributed by atoms with Crippen LogP contribution in [0, 0.1) is 0 Å². The Labute approximate surface area is 126 Å². The van der Waals surface area contributed by atoms with Crippen molar-refractivity contribution in [3.8, 4) is 0 Å². The molecule has 0 amide bonds. The summed E-state index contributed by atoms with van der Waals surface area (Å²) in [5.41, 5.74) is 0.948. The number of aromatic nitrogens is 3. The maximum absolute atomic E-state index is 4.80. The Morgan fingerprint density at radius 3 is 2.76 bits per heavy atom. The van der Waals surface area contributed by atoms with Gasteiger partial charge in [0.05, 0.1) is 6.20 Å². The van der Waals surface area contributed by atoms with Gasteiger partial charge in [-0.25, -0.2) is 9.97 Å². The average Bonchev–Trinajstić information content (AvgIpc) is 2.79. The first-order chi connectivity index (χ1) is 10.3. The molecule has 1 aliphatic carbocycles. The summed E-state index contributed by atoms with van der Waals surface area (Å²) in [5, 5.41) is 3.31. The van der Waals surface area contributed by atoms with Crippen molar-refractivity contribution in [3.63, 3.8) is 0 Å². The third kappa shape index (κ3) is 2.96. The summed E-state index contributed by atoms with van der Waals surface area (Å²) in [7, 11) is 2.17. The molecule has 1 aliphatic rings. The van der Waals surface area contributed by atoms with E-state index in [4.69, 9.17) is 4.98 Å². The summed E-state index contributed by atoms with van der Waals surface area (Å²) in [4.78, 5) is 11.6. The second-order valence-corrected chi connectivity index (χ2v) is 5.89. The molecule has 2 aromatic heterocycles. The van der Waals surface area contributed by atoms with Gasteiger partial charge in [0.15, 0.2) is 11.5 Å². The second kappa shape index (κ2) is 6.33. The van der Waals surface area contributed by atoms with Gasteiger partial charge in [0.2, 0.25) is 0 Å². The zero-order valence-electron chi connectivity index (χ0n) is 13.0. The van der Waals surface area contributed by atoms with Gasteiger partial charge in [0.1, 0.15) is 5.82 Å². The van der Waals surface area contributed by atoms with Gasteiger partial charge >= 0.3 is 0 Å². The van der Waals surface area contributed by atoms with Crippen molar-refractivity contribution in [2.75, 3.05) is 23.8 Å². The molecule has 1 N–H and O–H groups in total. The Kier molecular flexibility index (Phi) is 4.27. The van der Waals surface area contributed by atoms with Gasteiger partial charge in [-0.15, -0.1) is 0 Å². The third-order valence-corrected chi connectivity index (χ3v) is 4.42. The van der Waals surface area contributed by atoms with Gasteiger partial charge in [-0.2, -0.15) is 0 Å². The van der Waals surface area contributed by atoms with Gasteiger partial charge in [-0.1, -0.05) is 25.7 Å². The molecule has 0 saturated heterocycles. The van der Waals surface area contributed by atoms with Crippen molar-refractivity contribution in [2.24, 2.45) is 0 Å². The summed E-state index contributed by atoms with van der Waals surface area (Å²) in [6.45, 7) is 2.97. The van der Waals surface area contributed by atoms with Gasteiger partial charge < -0.3 is 14.6 Å². The van der Waals surface area contributed by atoms with E-state index in [0.717, 1.165) is 23.8 Å². The zero-order valence-corrected chi connectivity index (χ0v) is 13.0. The van der Waals surface area contributed by atoms with E-state index < -0.39 is 0 Å². The van der Waals surface area contributed by atoms with E-state index in [-0.39, 0.29) is 0 Å². The highest BCUT2D eigenvalue weighted by Crippen LogP contribution is 2.27. The van der Waals surface area contributed by atoms with E-state index in [0.29, 0.717) is 6.04 Å². The molecule has 0 atom stereocenters. The predicted molar refractivity (Wildman–Crippen MR) is 87.0 cm³/mol. The fourth-order valence-electron chi connectivity index (χ4n) is 3.24. The van der Waals surface area contributed by atoms with Crippen molar-refractivity contribution >= 4 is 17.3 Å². The second-order valence-electron chi connectivity index (χ2n) is 5.89. The SMILES string of the molecule is CCNc1cn2ccnc2c(N(C)C2CCCCCC2)n1. The molecule has 0 unspecified atom stereocenters. The van der Waals surface area contributed by atoms with Crippen LogP contribution in [0.4, 0.5) is 11.6 Å². The van der Waals surface area contributed by atoms with Gasteiger partial charge in [-0.3, -0.25) is 0 Å². The number of nitrogens with zero attached hydrogens (tertiary/aromatic N) is 4. The zero-order chi connectivity index (χ0) is 14.7. The predicted octanol–water partition coefficient (Wildman–Crippen LogP) is 3.32. The number of rotatable bonds is 4. The van der Waals surface area contributed by atoms with Crippen LogP contribution < -0.4 is 10.2 Å². The number of hydrogen-bond acceptors (Lipinski definition) is 4. The number of nitrogens with one attached hydrogen (secondary N) is 1. The van der Waals surface area contributed by atoms with Crippen LogP contribution in [0.2, 0.25) is 0 Å². The lowest BCUT2D eigenvalue weighted by Gasteiger charge is -2.28. The maximum Gasteiger partial charge on any atom is 0.180 e. The molecule has 5 nitrogen and oxygen atoms in total. The topological polar surface area (TPSA) is 45.5 Å². The van der Waals surface area contributed by atoms with E-state index in [9.17, 15) is 0 Å². The largest absolute Gasteiger partial charge is 0.369 e. The van der Waals surface area contributed by atoms with Crippen LogP contribution in [0.5, 0.6) is 0 Å². The van der Waals surface area contributed by atoms with Crippen LogP contribution >= 0.6 is 0 Å². The normalized spacial score (nSPS) is 16.9. The molecule has 114 valence electrons. The molecule has 0 radical (unpaired) electrons. The van der Waals surface area contributed by atoms with Crippen LogP contribution in [-0.2, 0) is 0 Å². The Morgan fingerprint density at radius 2 is 2.05 bits per heavy atom. The smallest absolute Gasteiger partial charge is 0.180 e. The lowest BCUT2D eigenvalue weighted by molar-refractivity contribution is 0.549. The Hall–Kier alpha value is -1.78. The molecule has 0 bridgehead atoms. The fraction of sp³-hybridized carbons (Fsp3) is 0.625. The summed E-state index contributed by atoms with van der Waals surface area (Å²) < 4.78 is 2.06. The highest BCUT2D eigenvalue weighted by Gasteiger charge is 2.21. The molecule has 2 heterocycles. The first-order valence-electron chi connectivity index (χ1n) is 8.10. The number of fused-ring (bicyclic) bond motifs is 1. The molecule has 1 saturated carbocycles. The summed E-state index contributed by atoms with van der Waals surface area (Å²) in [6, 6.07) is 0.581. The van der Waals surface area contributed by atoms with Gasteiger partial charge in [0.25, 0.3) is 0 Å². The summed E-state index contributed by atoms with van der Waals surface area (Å²) in [6.07, 6.45) is 13.8. The maximum atomic E-state index is 4.80. The molecule has 2 aromatic rings. The molecule has 1 fully saturated rings. The third-order valence-electron chi connectivity index (χ3n) is 4.42. The Morgan fingerprint density at radius 1 is 1.29 bits per heavy atom. The van der Waals surface area contributed by atoms with Crippen molar-refractivity contribution in [2.45, 2.75) is 51.5 Å². The molecule has 0 spiro atoms. The van der Waals surface area contributed by atoms with Gasteiger partial charge in [-0.05, 0) is 19.8 Å². The number of anilines is 2.